The molecule has 1 aliphatic carbocycles. The summed E-state index contributed by atoms with van der Waals surface area (Å²) in [6.07, 6.45) is 8.86. The van der Waals surface area contributed by atoms with Crippen molar-refractivity contribution < 1.29 is 23.9 Å². The first kappa shape index (κ1) is 23.1. The number of carbonyl (C=O) groups excluding carboxylic acids is 3. The number of unbranched alkanes of at least 4 members (excludes halogenated alkanes) is 1. The van der Waals surface area contributed by atoms with Gasteiger partial charge >= 0.3 is 5.97 Å². The summed E-state index contributed by atoms with van der Waals surface area (Å²) in [6.45, 7) is 2.95. The van der Waals surface area contributed by atoms with Crippen LogP contribution in [0.5, 0.6) is 5.75 Å². The Balaban J connectivity index is 1.38. The lowest BCUT2D eigenvalue weighted by Crippen LogP contribution is -2.51. The average Bonchev–Trinajstić information content (AvgIpc) is 2.81. The molecule has 0 bridgehead atoms. The van der Waals surface area contributed by atoms with E-state index < -0.39 is 5.97 Å². The third-order valence-electron chi connectivity index (χ3n) is 6.20. The summed E-state index contributed by atoms with van der Waals surface area (Å²) in [6, 6.07) is 7.07. The lowest BCUT2D eigenvalue weighted by molar-refractivity contribution is -0.154. The monoisotopic (exact) mass is 430 g/mol. The fourth-order valence-electron chi connectivity index (χ4n) is 4.50. The van der Waals surface area contributed by atoms with Crippen molar-refractivity contribution in [2.75, 3.05) is 26.3 Å². The first-order valence-electron chi connectivity index (χ1n) is 11.5. The molecule has 2 amide bonds. The number of nitrogens with zero attached hydrogens (tertiary/aromatic N) is 1. The van der Waals surface area contributed by atoms with E-state index in [9.17, 15) is 14.4 Å². The maximum Gasteiger partial charge on any atom is 0.325 e. The summed E-state index contributed by atoms with van der Waals surface area (Å²) in [5.41, 5.74) is 0.434. The number of likely N-dealkylation sites (tertiary alicyclic amines) is 1. The normalized spacial score (nSPS) is 20.5. The largest absolute Gasteiger partial charge is 0.494 e. The highest BCUT2D eigenvalue weighted by Crippen LogP contribution is 2.35. The quantitative estimate of drug-likeness (QED) is 0.480. The summed E-state index contributed by atoms with van der Waals surface area (Å²) in [4.78, 5) is 38.7. The lowest BCUT2D eigenvalue weighted by atomic mass is 9.78. The molecule has 170 valence electrons. The van der Waals surface area contributed by atoms with Crippen LogP contribution in [-0.2, 0) is 14.3 Å². The number of esters is 1. The zero-order valence-electron chi connectivity index (χ0n) is 18.4. The van der Waals surface area contributed by atoms with E-state index in [4.69, 9.17) is 9.47 Å². The smallest absolute Gasteiger partial charge is 0.325 e. The minimum atomic E-state index is -0.613. The fraction of sp³-hybridized carbons (Fsp3) is 0.625. The molecule has 3 rings (SSSR count). The average molecular weight is 431 g/mol. The molecule has 1 saturated carbocycles. The van der Waals surface area contributed by atoms with E-state index in [2.05, 4.69) is 12.2 Å². The van der Waals surface area contributed by atoms with Crippen molar-refractivity contribution in [1.82, 2.24) is 10.2 Å². The van der Waals surface area contributed by atoms with Gasteiger partial charge in [-0.05, 0) is 62.3 Å². The van der Waals surface area contributed by atoms with E-state index in [1.807, 2.05) is 4.90 Å². The van der Waals surface area contributed by atoms with Crippen LogP contribution in [0.4, 0.5) is 0 Å². The highest BCUT2D eigenvalue weighted by atomic mass is 16.5. The van der Waals surface area contributed by atoms with Crippen LogP contribution in [-0.4, -0.2) is 55.0 Å². The van der Waals surface area contributed by atoms with Crippen LogP contribution in [0.2, 0.25) is 0 Å². The van der Waals surface area contributed by atoms with Crippen molar-refractivity contribution in [3.05, 3.63) is 29.8 Å². The number of ether oxygens (including phenoxy) is 2. The van der Waals surface area contributed by atoms with Gasteiger partial charge in [0, 0.05) is 18.2 Å². The maximum atomic E-state index is 12.6. The van der Waals surface area contributed by atoms with Gasteiger partial charge in [-0.25, -0.2) is 0 Å². The molecule has 0 radical (unpaired) electrons. The van der Waals surface area contributed by atoms with Crippen molar-refractivity contribution >= 4 is 17.8 Å². The number of piperidine rings is 1. The maximum absolute atomic E-state index is 12.6. The molecule has 7 heteroatoms. The van der Waals surface area contributed by atoms with Gasteiger partial charge < -0.3 is 19.7 Å². The van der Waals surface area contributed by atoms with Crippen molar-refractivity contribution in [1.29, 1.82) is 0 Å². The van der Waals surface area contributed by atoms with Crippen LogP contribution < -0.4 is 10.1 Å². The second-order valence-electron chi connectivity index (χ2n) is 8.41. The van der Waals surface area contributed by atoms with Crippen LogP contribution in [0.25, 0.3) is 0 Å². The number of hydrogen-bond acceptors (Lipinski definition) is 5. The molecule has 0 spiro atoms. The highest BCUT2D eigenvalue weighted by Gasteiger charge is 2.35. The molecule has 1 aromatic carbocycles. The molecule has 31 heavy (non-hydrogen) atoms. The van der Waals surface area contributed by atoms with E-state index in [0.717, 1.165) is 38.6 Å². The van der Waals surface area contributed by atoms with Gasteiger partial charge in [-0.3, -0.25) is 14.4 Å². The second-order valence-corrected chi connectivity index (χ2v) is 8.41. The molecule has 0 unspecified atom stereocenters. The van der Waals surface area contributed by atoms with Crippen LogP contribution >= 0.6 is 0 Å². The molecule has 1 saturated heterocycles. The van der Waals surface area contributed by atoms with E-state index in [1.165, 1.54) is 19.3 Å². The molecule has 1 aliphatic heterocycles. The minimum Gasteiger partial charge on any atom is -0.494 e. The predicted octanol–water partition coefficient (Wildman–Crippen LogP) is 3.32. The third kappa shape index (κ3) is 6.71. The Morgan fingerprint density at radius 2 is 1.81 bits per heavy atom. The van der Waals surface area contributed by atoms with Gasteiger partial charge in [0.1, 0.15) is 12.3 Å². The zero-order chi connectivity index (χ0) is 22.1. The van der Waals surface area contributed by atoms with Gasteiger partial charge in [0.15, 0.2) is 6.61 Å². The van der Waals surface area contributed by atoms with Crippen molar-refractivity contribution in [2.24, 2.45) is 5.92 Å². The van der Waals surface area contributed by atoms with Crippen LogP contribution in [0.3, 0.4) is 0 Å². The Morgan fingerprint density at radius 1 is 1.06 bits per heavy atom. The van der Waals surface area contributed by atoms with E-state index in [-0.39, 0.29) is 25.0 Å². The van der Waals surface area contributed by atoms with Gasteiger partial charge in [-0.2, -0.15) is 0 Å². The Bertz CT molecular complexity index is 747. The third-order valence-corrected chi connectivity index (χ3v) is 6.20. The van der Waals surface area contributed by atoms with Gasteiger partial charge in [-0.15, -0.1) is 0 Å². The Morgan fingerprint density at radius 3 is 2.58 bits per heavy atom. The molecule has 2 aliphatic rings. The summed E-state index contributed by atoms with van der Waals surface area (Å²) in [5.74, 6) is 0.184. The number of rotatable bonds is 9. The van der Waals surface area contributed by atoms with E-state index >= 15 is 0 Å². The summed E-state index contributed by atoms with van der Waals surface area (Å²) < 4.78 is 10.7. The minimum absolute atomic E-state index is 0.130. The Labute approximate surface area is 184 Å². The SMILES string of the molecule is CCCCOc1ccc(C(=O)NCC(=O)OCC(=O)N2CCC[C@H]3CCCC[C@H]32)cc1. The van der Waals surface area contributed by atoms with Gasteiger partial charge in [0.05, 0.1) is 6.61 Å². The lowest BCUT2D eigenvalue weighted by Gasteiger charge is -2.44. The molecule has 1 N–H and O–H groups in total. The fourth-order valence-corrected chi connectivity index (χ4v) is 4.50. The second kappa shape index (κ2) is 11.7. The molecule has 1 aromatic rings. The molecule has 2 fully saturated rings. The topological polar surface area (TPSA) is 84.9 Å². The van der Waals surface area contributed by atoms with Crippen molar-refractivity contribution in [3.8, 4) is 5.75 Å². The molecule has 0 aromatic heterocycles. The predicted molar refractivity (Wildman–Crippen MR) is 117 cm³/mol. The standard InChI is InChI=1S/C24H34N2O5/c1-2-3-15-30-20-12-10-19(11-13-20)24(29)25-16-23(28)31-17-22(27)26-14-6-8-18-7-4-5-9-21(18)26/h10-13,18,21H,2-9,14-17H2,1H3,(H,25,29)/t18-,21-/m1/s1. The molecule has 2 atom stereocenters. The summed E-state index contributed by atoms with van der Waals surface area (Å²) in [7, 11) is 0. The number of fused-ring (bicyclic) bond motifs is 1. The van der Waals surface area contributed by atoms with Gasteiger partial charge in [-0.1, -0.05) is 26.2 Å². The molecule has 1 heterocycles. The van der Waals surface area contributed by atoms with Crippen molar-refractivity contribution in [2.45, 2.75) is 64.3 Å². The number of hydrogen-bond donors (Lipinski definition) is 1. The zero-order valence-corrected chi connectivity index (χ0v) is 18.4. The summed E-state index contributed by atoms with van der Waals surface area (Å²) >= 11 is 0. The number of benzene rings is 1. The molecular weight excluding hydrogens is 396 g/mol. The highest BCUT2D eigenvalue weighted by molar-refractivity contribution is 5.96. The van der Waals surface area contributed by atoms with Gasteiger partial charge in [0.2, 0.25) is 0 Å². The Hall–Kier alpha value is -2.57. The molecular formula is C24H34N2O5. The van der Waals surface area contributed by atoms with E-state index in [1.54, 1.807) is 24.3 Å². The number of nitrogens with one attached hydrogen (secondary N) is 1. The van der Waals surface area contributed by atoms with E-state index in [0.29, 0.717) is 29.9 Å². The van der Waals surface area contributed by atoms with Crippen LogP contribution in [0.15, 0.2) is 24.3 Å². The first-order chi connectivity index (χ1) is 15.1. The van der Waals surface area contributed by atoms with Crippen LogP contribution in [0.1, 0.15) is 68.6 Å². The molecule has 7 nitrogen and oxygen atoms in total. The van der Waals surface area contributed by atoms with Crippen molar-refractivity contribution in [3.63, 3.8) is 0 Å². The van der Waals surface area contributed by atoms with Gasteiger partial charge in [0.25, 0.3) is 11.8 Å². The Kier molecular flexibility index (Phi) is 8.74. The number of amides is 2. The number of carbonyl (C=O) groups is 3. The van der Waals surface area contributed by atoms with Crippen LogP contribution in [0, 0.1) is 5.92 Å². The first-order valence-corrected chi connectivity index (χ1v) is 11.5. The summed E-state index contributed by atoms with van der Waals surface area (Å²) in [5, 5.41) is 2.54.